The van der Waals surface area contributed by atoms with Crippen LogP contribution in [0.4, 0.5) is 0 Å². The molecule has 5 nitrogen and oxygen atoms in total. The van der Waals surface area contributed by atoms with Crippen molar-refractivity contribution in [2.24, 2.45) is 0 Å². The fourth-order valence-electron chi connectivity index (χ4n) is 3.26. The van der Waals surface area contributed by atoms with Crippen LogP contribution in [0.15, 0.2) is 73.1 Å². The van der Waals surface area contributed by atoms with E-state index in [1.54, 1.807) is 0 Å². The Morgan fingerprint density at radius 3 is 2.11 bits per heavy atom. The summed E-state index contributed by atoms with van der Waals surface area (Å²) >= 11 is 0. The summed E-state index contributed by atoms with van der Waals surface area (Å²) in [5.74, 6) is 1.84. The van der Waals surface area contributed by atoms with Crippen molar-refractivity contribution < 1.29 is 0 Å². The number of imidazole rings is 1. The van der Waals surface area contributed by atoms with Crippen LogP contribution in [0.2, 0.25) is 0 Å². The summed E-state index contributed by atoms with van der Waals surface area (Å²) in [5, 5.41) is 8.95. The highest BCUT2D eigenvalue weighted by Crippen LogP contribution is 2.28. The van der Waals surface area contributed by atoms with Gasteiger partial charge in [0.1, 0.15) is 17.2 Å². The maximum absolute atomic E-state index is 4.88. The molecule has 4 rings (SSSR count). The molecule has 5 heteroatoms. The van der Waals surface area contributed by atoms with E-state index in [2.05, 4.69) is 31.9 Å². The van der Waals surface area contributed by atoms with Gasteiger partial charge >= 0.3 is 0 Å². The smallest absolute Gasteiger partial charge is 0.151 e. The topological polar surface area (TPSA) is 56.5 Å². The fraction of sp³-hybridized carbons (Fsp3) is 0.217. The summed E-state index contributed by atoms with van der Waals surface area (Å²) in [6, 6.07) is 20.3. The first-order valence-corrected chi connectivity index (χ1v) is 9.63. The van der Waals surface area contributed by atoms with Gasteiger partial charge in [0.15, 0.2) is 5.82 Å². The van der Waals surface area contributed by atoms with Gasteiger partial charge in [0.2, 0.25) is 0 Å². The molecular formula is C23H23N5. The molecule has 0 unspecified atom stereocenters. The first kappa shape index (κ1) is 18.0. The maximum atomic E-state index is 4.88. The van der Waals surface area contributed by atoms with Gasteiger partial charge in [0, 0.05) is 36.5 Å². The van der Waals surface area contributed by atoms with Gasteiger partial charge in [-0.2, -0.15) is 0 Å². The lowest BCUT2D eigenvalue weighted by Crippen LogP contribution is -2.04. The van der Waals surface area contributed by atoms with Gasteiger partial charge < -0.3 is 4.57 Å². The molecule has 2 heterocycles. The minimum atomic E-state index is 0.792. The molecule has 0 aliphatic carbocycles. The second-order valence-corrected chi connectivity index (χ2v) is 6.78. The Labute approximate surface area is 165 Å². The predicted octanol–water partition coefficient (Wildman–Crippen LogP) is 4.73. The molecule has 0 saturated heterocycles. The van der Waals surface area contributed by atoms with Gasteiger partial charge in [0.25, 0.3) is 0 Å². The molecule has 0 N–H and O–H groups in total. The molecule has 0 saturated carbocycles. The molecule has 0 aliphatic heterocycles. The van der Waals surface area contributed by atoms with Crippen molar-refractivity contribution in [2.45, 2.75) is 32.7 Å². The Hall–Kier alpha value is -3.34. The van der Waals surface area contributed by atoms with Crippen molar-refractivity contribution in [3.05, 3.63) is 84.7 Å². The zero-order chi connectivity index (χ0) is 19.2. The molecule has 4 aromatic rings. The van der Waals surface area contributed by atoms with E-state index in [4.69, 9.17) is 4.98 Å². The van der Waals surface area contributed by atoms with Gasteiger partial charge in [-0.15, -0.1) is 10.2 Å². The Balaban J connectivity index is 1.53. The van der Waals surface area contributed by atoms with Crippen LogP contribution < -0.4 is 0 Å². The standard InChI is InChI=1S/C23H23N5/c1-18-24-15-17-28(18)16-9-8-14-21-25-22(19-10-4-2-5-11-19)23(27-26-21)20-12-6-3-7-13-20/h2-7,10-13,15,17H,8-9,14,16H2,1H3. The highest BCUT2D eigenvalue weighted by Gasteiger charge is 2.13. The van der Waals surface area contributed by atoms with Gasteiger partial charge in [-0.3, -0.25) is 0 Å². The Morgan fingerprint density at radius 1 is 0.786 bits per heavy atom. The van der Waals surface area contributed by atoms with Crippen LogP contribution in [-0.2, 0) is 13.0 Å². The lowest BCUT2D eigenvalue weighted by atomic mass is 10.0. The number of nitrogens with zero attached hydrogens (tertiary/aromatic N) is 5. The molecular weight excluding hydrogens is 346 g/mol. The molecule has 0 fully saturated rings. The first-order chi connectivity index (χ1) is 13.8. The van der Waals surface area contributed by atoms with E-state index >= 15 is 0 Å². The van der Waals surface area contributed by atoms with E-state index in [1.165, 1.54) is 0 Å². The molecule has 0 amide bonds. The molecule has 28 heavy (non-hydrogen) atoms. The maximum Gasteiger partial charge on any atom is 0.151 e. The minimum absolute atomic E-state index is 0.792. The molecule has 140 valence electrons. The van der Waals surface area contributed by atoms with E-state index in [0.29, 0.717) is 0 Å². The normalized spacial score (nSPS) is 10.9. The molecule has 0 spiro atoms. The van der Waals surface area contributed by atoms with Crippen LogP contribution in [0.25, 0.3) is 22.5 Å². The molecule has 0 aliphatic rings. The van der Waals surface area contributed by atoms with Crippen LogP contribution in [0.5, 0.6) is 0 Å². The number of unbranched alkanes of at least 4 members (excludes halogenated alkanes) is 1. The number of rotatable bonds is 7. The number of aromatic nitrogens is 5. The predicted molar refractivity (Wildman–Crippen MR) is 111 cm³/mol. The van der Waals surface area contributed by atoms with Crippen molar-refractivity contribution in [3.8, 4) is 22.5 Å². The van der Waals surface area contributed by atoms with Crippen molar-refractivity contribution in [1.29, 1.82) is 0 Å². The minimum Gasteiger partial charge on any atom is -0.335 e. The van der Waals surface area contributed by atoms with Gasteiger partial charge in [-0.05, 0) is 19.8 Å². The van der Waals surface area contributed by atoms with E-state index in [9.17, 15) is 0 Å². The van der Waals surface area contributed by atoms with E-state index < -0.39 is 0 Å². The van der Waals surface area contributed by atoms with Crippen LogP contribution in [0.1, 0.15) is 24.5 Å². The fourth-order valence-corrected chi connectivity index (χ4v) is 3.26. The lowest BCUT2D eigenvalue weighted by molar-refractivity contribution is 0.587. The third-order valence-electron chi connectivity index (χ3n) is 4.80. The molecule has 0 radical (unpaired) electrons. The summed E-state index contributed by atoms with van der Waals surface area (Å²) in [4.78, 5) is 9.14. The summed E-state index contributed by atoms with van der Waals surface area (Å²) in [5.41, 5.74) is 3.81. The van der Waals surface area contributed by atoms with Crippen molar-refractivity contribution >= 4 is 0 Å². The van der Waals surface area contributed by atoms with E-state index in [0.717, 1.165) is 60.0 Å². The number of hydrogen-bond acceptors (Lipinski definition) is 4. The number of hydrogen-bond donors (Lipinski definition) is 0. The molecule has 0 bridgehead atoms. The van der Waals surface area contributed by atoms with Gasteiger partial charge in [-0.1, -0.05) is 60.7 Å². The highest BCUT2D eigenvalue weighted by molar-refractivity contribution is 5.77. The van der Waals surface area contributed by atoms with Crippen molar-refractivity contribution in [2.75, 3.05) is 0 Å². The largest absolute Gasteiger partial charge is 0.335 e. The average Bonchev–Trinajstić information content (AvgIpc) is 3.17. The summed E-state index contributed by atoms with van der Waals surface area (Å²) < 4.78 is 2.17. The summed E-state index contributed by atoms with van der Waals surface area (Å²) in [6.45, 7) is 2.99. The van der Waals surface area contributed by atoms with E-state index in [-0.39, 0.29) is 0 Å². The first-order valence-electron chi connectivity index (χ1n) is 9.63. The quantitative estimate of drug-likeness (QED) is 0.442. The Kier molecular flexibility index (Phi) is 5.52. The third-order valence-corrected chi connectivity index (χ3v) is 4.80. The number of benzene rings is 2. The van der Waals surface area contributed by atoms with Crippen molar-refractivity contribution in [3.63, 3.8) is 0 Å². The van der Waals surface area contributed by atoms with Crippen LogP contribution in [0, 0.1) is 6.92 Å². The highest BCUT2D eigenvalue weighted by atomic mass is 15.2. The average molecular weight is 369 g/mol. The van der Waals surface area contributed by atoms with Gasteiger partial charge in [0.05, 0.1) is 0 Å². The molecule has 0 atom stereocenters. The van der Waals surface area contributed by atoms with Crippen LogP contribution in [0.3, 0.4) is 0 Å². The molecule has 2 aromatic heterocycles. The van der Waals surface area contributed by atoms with Crippen LogP contribution in [-0.4, -0.2) is 24.7 Å². The van der Waals surface area contributed by atoms with Crippen LogP contribution >= 0.6 is 0 Å². The zero-order valence-electron chi connectivity index (χ0n) is 16.0. The van der Waals surface area contributed by atoms with E-state index in [1.807, 2.05) is 67.8 Å². The van der Waals surface area contributed by atoms with Gasteiger partial charge in [-0.25, -0.2) is 9.97 Å². The Morgan fingerprint density at radius 2 is 1.46 bits per heavy atom. The zero-order valence-corrected chi connectivity index (χ0v) is 16.0. The SMILES string of the molecule is Cc1nccn1CCCCc1nnc(-c2ccccc2)c(-c2ccccc2)n1. The third kappa shape index (κ3) is 4.14. The molecule has 2 aromatic carbocycles. The summed E-state index contributed by atoms with van der Waals surface area (Å²) in [6.07, 6.45) is 6.75. The van der Waals surface area contributed by atoms with Crippen molar-refractivity contribution in [1.82, 2.24) is 24.7 Å². The number of aryl methyl sites for hydroxylation is 3. The lowest BCUT2D eigenvalue weighted by Gasteiger charge is -2.10. The second-order valence-electron chi connectivity index (χ2n) is 6.78. The Bertz CT molecular complexity index is 1030. The monoisotopic (exact) mass is 369 g/mol. The second kappa shape index (κ2) is 8.57. The summed E-state index contributed by atoms with van der Waals surface area (Å²) in [7, 11) is 0.